The topological polar surface area (TPSA) is 51.1 Å². The fraction of sp³-hybridized carbons (Fsp3) is 0.273. The predicted molar refractivity (Wildman–Crippen MR) is 135 cm³/mol. The van der Waals surface area contributed by atoms with Crippen molar-refractivity contribution >= 4 is 67.4 Å². The fourth-order valence-corrected chi connectivity index (χ4v) is 5.04. The number of likely N-dealkylation sites (N-methyl/N-ethyl adjacent to an activating group) is 1. The molecule has 30 heavy (non-hydrogen) atoms. The highest BCUT2D eigenvalue weighted by Gasteiger charge is 2.31. The van der Waals surface area contributed by atoms with Crippen LogP contribution in [0.3, 0.4) is 0 Å². The SMILES string of the molecule is CCN=C1S/C(=C/c2cc(I)c(OCc3ccc(Br)cc3)c(OC)c2)C(=O)N1CC. The molecule has 5 nitrogen and oxygen atoms in total. The van der Waals surface area contributed by atoms with Crippen LogP contribution < -0.4 is 9.47 Å². The van der Waals surface area contributed by atoms with Crippen LogP contribution in [-0.2, 0) is 11.4 Å². The molecule has 0 atom stereocenters. The number of carbonyl (C=O) groups excluding carboxylic acids is 1. The molecule has 0 radical (unpaired) electrons. The molecule has 0 N–H and O–H groups in total. The van der Waals surface area contributed by atoms with Gasteiger partial charge in [0.15, 0.2) is 16.7 Å². The van der Waals surface area contributed by atoms with Gasteiger partial charge in [0.25, 0.3) is 5.91 Å². The Bertz CT molecular complexity index is 993. The van der Waals surface area contributed by atoms with Crippen LogP contribution in [0.1, 0.15) is 25.0 Å². The largest absolute Gasteiger partial charge is 0.493 e. The van der Waals surface area contributed by atoms with E-state index in [1.165, 1.54) is 11.8 Å². The molecule has 1 aliphatic rings. The van der Waals surface area contributed by atoms with Crippen molar-refractivity contribution in [2.45, 2.75) is 20.5 Å². The monoisotopic (exact) mass is 600 g/mol. The van der Waals surface area contributed by atoms with Crippen LogP contribution in [-0.4, -0.2) is 36.2 Å². The van der Waals surface area contributed by atoms with Gasteiger partial charge in [-0.1, -0.05) is 28.1 Å². The second kappa shape index (κ2) is 10.7. The quantitative estimate of drug-likeness (QED) is 0.291. The van der Waals surface area contributed by atoms with Gasteiger partial charge >= 0.3 is 0 Å². The van der Waals surface area contributed by atoms with Gasteiger partial charge in [-0.3, -0.25) is 14.7 Å². The van der Waals surface area contributed by atoms with Gasteiger partial charge < -0.3 is 9.47 Å². The van der Waals surface area contributed by atoms with Crippen LogP contribution in [0.5, 0.6) is 11.5 Å². The zero-order valence-corrected chi connectivity index (χ0v) is 21.5. The molecule has 0 saturated carbocycles. The summed E-state index contributed by atoms with van der Waals surface area (Å²) in [4.78, 5) is 19.5. The number of benzene rings is 2. The molecule has 1 aliphatic heterocycles. The first-order valence-electron chi connectivity index (χ1n) is 9.47. The van der Waals surface area contributed by atoms with Crippen LogP contribution >= 0.6 is 50.3 Å². The third-order valence-electron chi connectivity index (χ3n) is 4.34. The highest BCUT2D eigenvalue weighted by atomic mass is 127. The number of thioether (sulfide) groups is 1. The highest BCUT2D eigenvalue weighted by Crippen LogP contribution is 2.37. The minimum atomic E-state index is -0.0146. The highest BCUT2D eigenvalue weighted by molar-refractivity contribution is 14.1. The number of methoxy groups -OCH3 is 1. The molecule has 0 unspecified atom stereocenters. The number of aliphatic imine (C=N–C) groups is 1. The maximum Gasteiger partial charge on any atom is 0.266 e. The minimum absolute atomic E-state index is 0.0146. The third kappa shape index (κ3) is 5.39. The molecule has 158 valence electrons. The fourth-order valence-electron chi connectivity index (χ4n) is 2.89. The molecule has 0 aliphatic carbocycles. The summed E-state index contributed by atoms with van der Waals surface area (Å²) in [5.74, 6) is 1.31. The number of nitrogens with zero attached hydrogens (tertiary/aromatic N) is 2. The molecular formula is C22H22BrIN2O3S. The van der Waals surface area contributed by atoms with E-state index in [2.05, 4.69) is 43.5 Å². The Labute approximate surface area is 203 Å². The molecule has 1 fully saturated rings. The lowest BCUT2D eigenvalue weighted by Crippen LogP contribution is -2.28. The van der Waals surface area contributed by atoms with Gasteiger partial charge in [-0.25, -0.2) is 0 Å². The van der Waals surface area contributed by atoms with E-state index in [0.29, 0.717) is 36.1 Å². The van der Waals surface area contributed by atoms with Gasteiger partial charge in [0.1, 0.15) is 6.61 Å². The maximum atomic E-state index is 12.7. The van der Waals surface area contributed by atoms with E-state index in [0.717, 1.165) is 24.3 Å². The third-order valence-corrected chi connectivity index (χ3v) is 6.72. The van der Waals surface area contributed by atoms with E-state index in [-0.39, 0.29) is 5.91 Å². The molecule has 0 bridgehead atoms. The number of hydrogen-bond acceptors (Lipinski definition) is 5. The zero-order chi connectivity index (χ0) is 21.7. The van der Waals surface area contributed by atoms with Crippen LogP contribution in [0.15, 0.2) is 50.8 Å². The van der Waals surface area contributed by atoms with Gasteiger partial charge in [0.2, 0.25) is 0 Å². The number of rotatable bonds is 7. The summed E-state index contributed by atoms with van der Waals surface area (Å²) in [6.07, 6.45) is 1.89. The van der Waals surface area contributed by atoms with E-state index >= 15 is 0 Å². The van der Waals surface area contributed by atoms with Gasteiger partial charge in [-0.2, -0.15) is 0 Å². The Morgan fingerprint density at radius 1 is 1.23 bits per heavy atom. The number of ether oxygens (including phenoxy) is 2. The van der Waals surface area contributed by atoms with E-state index in [1.54, 1.807) is 12.0 Å². The van der Waals surface area contributed by atoms with Crippen molar-refractivity contribution in [2.24, 2.45) is 4.99 Å². The second-order valence-corrected chi connectivity index (χ2v) is 9.45. The predicted octanol–water partition coefficient (Wildman–Crippen LogP) is 5.95. The number of hydrogen-bond donors (Lipinski definition) is 0. The summed E-state index contributed by atoms with van der Waals surface area (Å²) >= 11 is 7.09. The average molecular weight is 601 g/mol. The molecule has 3 rings (SSSR count). The lowest BCUT2D eigenvalue weighted by molar-refractivity contribution is -0.122. The summed E-state index contributed by atoms with van der Waals surface area (Å²) in [7, 11) is 1.62. The molecule has 0 aromatic heterocycles. The molecule has 0 spiro atoms. The number of halogens is 2. The van der Waals surface area contributed by atoms with Crippen molar-refractivity contribution in [2.75, 3.05) is 20.2 Å². The Balaban J connectivity index is 1.84. The molecule has 1 saturated heterocycles. The van der Waals surface area contributed by atoms with E-state index in [4.69, 9.17) is 9.47 Å². The van der Waals surface area contributed by atoms with Gasteiger partial charge in [0.05, 0.1) is 15.6 Å². The first-order valence-corrected chi connectivity index (χ1v) is 12.2. The smallest absolute Gasteiger partial charge is 0.266 e. The van der Waals surface area contributed by atoms with Crippen molar-refractivity contribution in [3.05, 3.63) is 60.5 Å². The lowest BCUT2D eigenvalue weighted by atomic mass is 10.1. The van der Waals surface area contributed by atoms with Gasteiger partial charge in [-0.15, -0.1) is 0 Å². The zero-order valence-electron chi connectivity index (χ0n) is 16.9. The average Bonchev–Trinajstić information content (AvgIpc) is 3.02. The van der Waals surface area contributed by atoms with Crippen molar-refractivity contribution < 1.29 is 14.3 Å². The molecule has 1 heterocycles. The van der Waals surface area contributed by atoms with E-state index in [1.807, 2.05) is 56.3 Å². The normalized spacial score (nSPS) is 16.6. The van der Waals surface area contributed by atoms with Crippen molar-refractivity contribution in [1.82, 2.24) is 4.90 Å². The first-order chi connectivity index (χ1) is 14.5. The van der Waals surface area contributed by atoms with Crippen LogP contribution in [0.4, 0.5) is 0 Å². The molecule has 2 aromatic carbocycles. The molecule has 1 amide bonds. The summed E-state index contributed by atoms with van der Waals surface area (Å²) in [5, 5.41) is 0.757. The number of carbonyl (C=O) groups is 1. The lowest BCUT2D eigenvalue weighted by Gasteiger charge is -2.14. The van der Waals surface area contributed by atoms with E-state index < -0.39 is 0 Å². The second-order valence-electron chi connectivity index (χ2n) is 6.37. The van der Waals surface area contributed by atoms with Crippen molar-refractivity contribution in [1.29, 1.82) is 0 Å². The summed E-state index contributed by atoms with van der Waals surface area (Å²) < 4.78 is 13.6. The molecule has 2 aromatic rings. The molecular weight excluding hydrogens is 579 g/mol. The Hall–Kier alpha value is -1.52. The standard InChI is InChI=1S/C22H22BrIN2O3S/c1-4-25-22-26(5-2)21(27)19(30-22)12-15-10-17(24)20(18(11-15)28-3)29-13-14-6-8-16(23)9-7-14/h6-12H,4-5,13H2,1-3H3/b19-12+,25-22?. The Morgan fingerprint density at radius 3 is 2.60 bits per heavy atom. The minimum Gasteiger partial charge on any atom is -0.493 e. The summed E-state index contributed by atoms with van der Waals surface area (Å²) in [6.45, 7) is 5.61. The Kier molecular flexibility index (Phi) is 8.24. The van der Waals surface area contributed by atoms with Crippen molar-refractivity contribution in [3.8, 4) is 11.5 Å². The number of amidine groups is 1. The van der Waals surface area contributed by atoms with Gasteiger partial charge in [-0.05, 0) is 89.7 Å². The van der Waals surface area contributed by atoms with Crippen molar-refractivity contribution in [3.63, 3.8) is 0 Å². The maximum absolute atomic E-state index is 12.7. The Morgan fingerprint density at radius 2 is 1.97 bits per heavy atom. The number of amides is 1. The van der Waals surface area contributed by atoms with Crippen LogP contribution in [0.25, 0.3) is 6.08 Å². The van der Waals surface area contributed by atoms with Crippen LogP contribution in [0.2, 0.25) is 0 Å². The molecule has 8 heteroatoms. The van der Waals surface area contributed by atoms with Gasteiger partial charge in [0, 0.05) is 17.6 Å². The van der Waals surface area contributed by atoms with E-state index in [9.17, 15) is 4.79 Å². The first kappa shape index (κ1) is 23.1. The summed E-state index contributed by atoms with van der Waals surface area (Å²) in [6, 6.07) is 11.9. The summed E-state index contributed by atoms with van der Waals surface area (Å²) in [5.41, 5.74) is 1.95. The van der Waals surface area contributed by atoms with Crippen LogP contribution in [0, 0.1) is 3.57 Å².